The molecule has 5 heterocycles. The summed E-state index contributed by atoms with van der Waals surface area (Å²) in [6.45, 7) is 2.71. The standard InChI is InChI=1S/C26H23N7O4S/c1-15(34)32-13-3-4-16(14-32)29-24(35)23-22-21-19(10-12-27-25(21)38-23)33(26(36)30-22)17-6-8-18(9-7-17)37-20-5-2-11-28-31-20/h2,5-12,16H,3-4,13-14H2,1H3,(H,29,35)(H,30,36). The molecule has 1 atom stereocenters. The van der Waals surface area contributed by atoms with Gasteiger partial charge in [0, 0.05) is 44.5 Å². The van der Waals surface area contributed by atoms with Gasteiger partial charge in [-0.3, -0.25) is 14.5 Å². The van der Waals surface area contributed by atoms with E-state index in [-0.39, 0.29) is 23.9 Å². The van der Waals surface area contributed by atoms with Gasteiger partial charge in [-0.05, 0) is 49.2 Å². The summed E-state index contributed by atoms with van der Waals surface area (Å²) >= 11 is 1.23. The van der Waals surface area contributed by atoms with Crippen molar-refractivity contribution in [2.24, 2.45) is 0 Å². The van der Waals surface area contributed by atoms with E-state index in [4.69, 9.17) is 4.74 Å². The predicted octanol–water partition coefficient (Wildman–Crippen LogP) is 4.30. The first-order valence-corrected chi connectivity index (χ1v) is 12.9. The van der Waals surface area contributed by atoms with Crippen LogP contribution in [0.2, 0.25) is 0 Å². The molecule has 4 amide bonds. The van der Waals surface area contributed by atoms with Crippen LogP contribution in [0.1, 0.15) is 29.4 Å². The summed E-state index contributed by atoms with van der Waals surface area (Å²) in [6, 6.07) is 11.7. The topological polar surface area (TPSA) is 130 Å². The monoisotopic (exact) mass is 529 g/mol. The Morgan fingerprint density at radius 3 is 2.76 bits per heavy atom. The zero-order chi connectivity index (χ0) is 26.2. The van der Waals surface area contributed by atoms with E-state index in [2.05, 4.69) is 25.8 Å². The van der Waals surface area contributed by atoms with Crippen molar-refractivity contribution in [1.82, 2.24) is 25.4 Å². The van der Waals surface area contributed by atoms with Crippen LogP contribution >= 0.6 is 11.3 Å². The highest BCUT2D eigenvalue weighted by atomic mass is 32.1. The number of benzene rings is 1. The third kappa shape index (κ3) is 4.39. The van der Waals surface area contributed by atoms with Crippen molar-refractivity contribution in [3.05, 3.63) is 59.7 Å². The van der Waals surface area contributed by atoms with Crippen molar-refractivity contribution >= 4 is 56.5 Å². The van der Waals surface area contributed by atoms with Crippen LogP contribution in [0.25, 0.3) is 10.2 Å². The van der Waals surface area contributed by atoms with Crippen LogP contribution in [0.5, 0.6) is 11.6 Å². The number of amides is 4. The Hall–Kier alpha value is -4.58. The molecular formula is C26H23N7O4S. The van der Waals surface area contributed by atoms with Gasteiger partial charge in [0.15, 0.2) is 0 Å². The first-order valence-electron chi connectivity index (χ1n) is 12.1. The van der Waals surface area contributed by atoms with Crippen molar-refractivity contribution in [1.29, 1.82) is 0 Å². The lowest BCUT2D eigenvalue weighted by Gasteiger charge is -2.32. The van der Waals surface area contributed by atoms with Crippen molar-refractivity contribution in [2.75, 3.05) is 23.3 Å². The Kier molecular flexibility index (Phi) is 6.08. The average molecular weight is 530 g/mol. The third-order valence-corrected chi connectivity index (χ3v) is 7.62. The molecule has 0 bridgehead atoms. The van der Waals surface area contributed by atoms with Gasteiger partial charge < -0.3 is 20.3 Å². The third-order valence-electron chi connectivity index (χ3n) is 6.52. The minimum atomic E-state index is -0.388. The highest BCUT2D eigenvalue weighted by molar-refractivity contribution is 7.21. The molecule has 0 spiro atoms. The van der Waals surface area contributed by atoms with Crippen LogP contribution in [0.15, 0.2) is 54.9 Å². The van der Waals surface area contributed by atoms with E-state index >= 15 is 0 Å². The molecule has 6 rings (SSSR count). The minimum Gasteiger partial charge on any atom is -0.438 e. The number of nitrogens with zero attached hydrogens (tertiary/aromatic N) is 5. The second-order valence-electron chi connectivity index (χ2n) is 9.02. The summed E-state index contributed by atoms with van der Waals surface area (Å²) in [5.41, 5.74) is 1.71. The Balaban J connectivity index is 1.28. The van der Waals surface area contributed by atoms with Crippen molar-refractivity contribution in [3.8, 4) is 11.6 Å². The smallest absolute Gasteiger partial charge is 0.331 e. The van der Waals surface area contributed by atoms with Gasteiger partial charge in [0.2, 0.25) is 11.8 Å². The highest BCUT2D eigenvalue weighted by Gasteiger charge is 2.33. The molecule has 1 saturated heterocycles. The normalized spacial score (nSPS) is 16.8. The van der Waals surface area contributed by atoms with Gasteiger partial charge in [-0.25, -0.2) is 9.78 Å². The molecule has 1 fully saturated rings. The largest absolute Gasteiger partial charge is 0.438 e. The van der Waals surface area contributed by atoms with Gasteiger partial charge in [-0.2, -0.15) is 5.10 Å². The number of hydrogen-bond donors (Lipinski definition) is 2. The zero-order valence-corrected chi connectivity index (χ0v) is 21.2. The summed E-state index contributed by atoms with van der Waals surface area (Å²) in [6.07, 6.45) is 4.80. The summed E-state index contributed by atoms with van der Waals surface area (Å²) in [7, 11) is 0. The van der Waals surface area contributed by atoms with Crippen LogP contribution in [0, 0.1) is 0 Å². The lowest BCUT2D eigenvalue weighted by Crippen LogP contribution is -2.49. The zero-order valence-electron chi connectivity index (χ0n) is 20.4. The number of carbonyl (C=O) groups is 3. The number of rotatable bonds is 5. The molecule has 1 unspecified atom stereocenters. The second kappa shape index (κ2) is 9.71. The number of aromatic nitrogens is 3. The van der Waals surface area contributed by atoms with Crippen molar-refractivity contribution < 1.29 is 19.1 Å². The summed E-state index contributed by atoms with van der Waals surface area (Å²) < 4.78 is 5.71. The van der Waals surface area contributed by atoms with Crippen LogP contribution in [0.3, 0.4) is 0 Å². The van der Waals surface area contributed by atoms with E-state index in [1.165, 1.54) is 18.3 Å². The number of pyridine rings is 1. The molecule has 0 radical (unpaired) electrons. The van der Waals surface area contributed by atoms with Gasteiger partial charge in [0.05, 0.1) is 22.4 Å². The van der Waals surface area contributed by atoms with Gasteiger partial charge >= 0.3 is 6.03 Å². The minimum absolute atomic E-state index is 0.00423. The number of hydrogen-bond acceptors (Lipinski definition) is 8. The van der Waals surface area contributed by atoms with E-state index < -0.39 is 0 Å². The van der Waals surface area contributed by atoms with Crippen molar-refractivity contribution in [2.45, 2.75) is 25.8 Å². The molecule has 3 aromatic heterocycles. The number of ether oxygens (including phenoxy) is 1. The molecule has 2 aliphatic heterocycles. The molecule has 12 heteroatoms. The maximum Gasteiger partial charge on any atom is 0.331 e. The molecule has 2 aliphatic rings. The predicted molar refractivity (Wildman–Crippen MR) is 142 cm³/mol. The number of piperidine rings is 1. The second-order valence-corrected chi connectivity index (χ2v) is 10.0. The molecule has 0 saturated carbocycles. The first kappa shape index (κ1) is 23.8. The quantitative estimate of drug-likeness (QED) is 0.394. The molecule has 2 N–H and O–H groups in total. The molecule has 1 aromatic carbocycles. The molecule has 0 aliphatic carbocycles. The fourth-order valence-corrected chi connectivity index (χ4v) is 5.78. The Labute approximate surface area is 221 Å². The van der Waals surface area contributed by atoms with E-state index in [1.54, 1.807) is 64.7 Å². The number of anilines is 3. The van der Waals surface area contributed by atoms with Crippen LogP contribution < -0.4 is 20.3 Å². The number of thiophene rings is 1. The SMILES string of the molecule is CC(=O)N1CCCC(NC(=O)c2sc3nccc4c3c2NC(=O)N4c2ccc(Oc3cccnn3)cc2)C1. The van der Waals surface area contributed by atoms with Crippen LogP contribution in [0.4, 0.5) is 21.9 Å². The van der Waals surface area contributed by atoms with Gasteiger partial charge in [-0.1, -0.05) is 0 Å². The molecule has 11 nitrogen and oxygen atoms in total. The summed E-state index contributed by atoms with van der Waals surface area (Å²) in [5.74, 6) is 0.620. The maximum atomic E-state index is 13.3. The molecular weight excluding hydrogens is 506 g/mol. The molecule has 4 aromatic rings. The summed E-state index contributed by atoms with van der Waals surface area (Å²) in [5, 5.41) is 14.4. The fraction of sp³-hybridized carbons (Fsp3) is 0.231. The number of likely N-dealkylation sites (tertiary alicyclic amines) is 1. The fourth-order valence-electron chi connectivity index (χ4n) is 4.76. The average Bonchev–Trinajstić information content (AvgIpc) is 3.30. The number of carbonyl (C=O) groups excluding carboxylic acids is 3. The van der Waals surface area contributed by atoms with Gasteiger partial charge in [0.25, 0.3) is 5.91 Å². The van der Waals surface area contributed by atoms with E-state index in [9.17, 15) is 14.4 Å². The highest BCUT2D eigenvalue weighted by Crippen LogP contribution is 2.45. The molecule has 192 valence electrons. The van der Waals surface area contributed by atoms with E-state index in [0.29, 0.717) is 56.9 Å². The van der Waals surface area contributed by atoms with E-state index in [0.717, 1.165) is 12.8 Å². The number of nitrogens with one attached hydrogen (secondary N) is 2. The van der Waals surface area contributed by atoms with E-state index in [1.807, 2.05) is 0 Å². The summed E-state index contributed by atoms with van der Waals surface area (Å²) in [4.78, 5) is 47.2. The van der Waals surface area contributed by atoms with Gasteiger partial charge in [-0.15, -0.1) is 16.4 Å². The Bertz CT molecular complexity index is 1540. The molecule has 38 heavy (non-hydrogen) atoms. The van der Waals surface area contributed by atoms with Crippen LogP contribution in [-0.2, 0) is 4.79 Å². The Morgan fingerprint density at radius 2 is 2.00 bits per heavy atom. The van der Waals surface area contributed by atoms with Gasteiger partial charge in [0.1, 0.15) is 15.5 Å². The Morgan fingerprint density at radius 1 is 1.16 bits per heavy atom. The lowest BCUT2D eigenvalue weighted by atomic mass is 10.1. The van der Waals surface area contributed by atoms with Crippen molar-refractivity contribution in [3.63, 3.8) is 0 Å². The number of urea groups is 1. The first-order chi connectivity index (χ1) is 18.5. The maximum absolute atomic E-state index is 13.3. The van der Waals surface area contributed by atoms with Crippen LogP contribution in [-0.4, -0.2) is 57.1 Å². The lowest BCUT2D eigenvalue weighted by molar-refractivity contribution is -0.130.